The molecular formula is C19H26N2. The van der Waals surface area contributed by atoms with Crippen LogP contribution in [-0.4, -0.2) is 20.1 Å². The van der Waals surface area contributed by atoms with Crippen molar-refractivity contribution in [1.29, 1.82) is 0 Å². The highest BCUT2D eigenvalue weighted by Crippen LogP contribution is 2.20. The first kappa shape index (κ1) is 15.6. The molecule has 0 saturated heterocycles. The van der Waals surface area contributed by atoms with Gasteiger partial charge in [-0.05, 0) is 42.6 Å². The molecule has 0 spiro atoms. The summed E-state index contributed by atoms with van der Waals surface area (Å²) in [6.45, 7) is 7.34. The molecule has 0 aliphatic heterocycles. The van der Waals surface area contributed by atoms with Gasteiger partial charge in [0.15, 0.2) is 0 Å². The molecule has 112 valence electrons. The fourth-order valence-electron chi connectivity index (χ4n) is 2.59. The number of likely N-dealkylation sites (N-methyl/N-ethyl adjacent to an activating group) is 1. The fraction of sp³-hybridized carbons (Fsp3) is 0.368. The second kappa shape index (κ2) is 7.84. The van der Waals surface area contributed by atoms with Crippen molar-refractivity contribution in [3.05, 3.63) is 65.2 Å². The molecule has 0 fully saturated rings. The minimum absolute atomic E-state index is 0.950. The van der Waals surface area contributed by atoms with E-state index in [1.807, 2.05) is 0 Å². The number of rotatable bonds is 7. The molecule has 0 radical (unpaired) electrons. The van der Waals surface area contributed by atoms with Gasteiger partial charge in [0.2, 0.25) is 0 Å². The number of aryl methyl sites for hydroxylation is 1. The van der Waals surface area contributed by atoms with Gasteiger partial charge >= 0.3 is 0 Å². The molecule has 0 saturated carbocycles. The summed E-state index contributed by atoms with van der Waals surface area (Å²) in [6.07, 6.45) is 1.08. The average Bonchev–Trinajstić information content (AvgIpc) is 2.51. The predicted molar refractivity (Wildman–Crippen MR) is 92.0 cm³/mol. The van der Waals surface area contributed by atoms with Crippen molar-refractivity contribution < 1.29 is 0 Å². The van der Waals surface area contributed by atoms with Crippen molar-refractivity contribution in [2.24, 2.45) is 0 Å². The van der Waals surface area contributed by atoms with Crippen LogP contribution in [0.3, 0.4) is 0 Å². The summed E-state index contributed by atoms with van der Waals surface area (Å²) in [6, 6.07) is 17.4. The van der Waals surface area contributed by atoms with E-state index in [2.05, 4.69) is 79.6 Å². The van der Waals surface area contributed by atoms with E-state index in [1.54, 1.807) is 0 Å². The molecule has 0 heterocycles. The summed E-state index contributed by atoms with van der Waals surface area (Å²) in [5.74, 6) is 0. The molecule has 2 rings (SSSR count). The molecular weight excluding hydrogens is 256 g/mol. The molecule has 0 aromatic heterocycles. The van der Waals surface area contributed by atoms with Crippen LogP contribution in [-0.2, 0) is 13.0 Å². The van der Waals surface area contributed by atoms with Crippen molar-refractivity contribution in [3.63, 3.8) is 0 Å². The summed E-state index contributed by atoms with van der Waals surface area (Å²) in [5.41, 5.74) is 5.42. The van der Waals surface area contributed by atoms with Gasteiger partial charge in [0, 0.05) is 25.8 Å². The Labute approximate surface area is 128 Å². The van der Waals surface area contributed by atoms with Gasteiger partial charge in [-0.2, -0.15) is 0 Å². The largest absolute Gasteiger partial charge is 0.374 e. The topological polar surface area (TPSA) is 15.3 Å². The molecule has 2 nitrogen and oxygen atoms in total. The number of nitrogens with one attached hydrogen (secondary N) is 1. The van der Waals surface area contributed by atoms with E-state index in [9.17, 15) is 0 Å². The van der Waals surface area contributed by atoms with Crippen LogP contribution in [0.15, 0.2) is 48.5 Å². The van der Waals surface area contributed by atoms with Crippen molar-refractivity contribution in [2.45, 2.75) is 26.8 Å². The number of nitrogens with zero attached hydrogens (tertiary/aromatic N) is 1. The van der Waals surface area contributed by atoms with Gasteiger partial charge in [0.25, 0.3) is 0 Å². The second-order valence-corrected chi connectivity index (χ2v) is 5.56. The van der Waals surface area contributed by atoms with Crippen LogP contribution in [0.5, 0.6) is 0 Å². The van der Waals surface area contributed by atoms with Crippen molar-refractivity contribution >= 4 is 5.69 Å². The third-order valence-electron chi connectivity index (χ3n) is 3.83. The maximum Gasteiger partial charge on any atom is 0.0393 e. The van der Waals surface area contributed by atoms with E-state index >= 15 is 0 Å². The maximum atomic E-state index is 3.37. The highest BCUT2D eigenvalue weighted by atomic mass is 15.1. The van der Waals surface area contributed by atoms with Crippen molar-refractivity contribution in [3.8, 4) is 0 Å². The lowest BCUT2D eigenvalue weighted by Gasteiger charge is -2.22. The minimum atomic E-state index is 0.950. The Bertz CT molecular complexity index is 549. The SMILES string of the molecule is CCNCc1ccc(N(C)CCc2ccccc2)c(C)c1. The minimum Gasteiger partial charge on any atom is -0.374 e. The quantitative estimate of drug-likeness (QED) is 0.831. The van der Waals surface area contributed by atoms with E-state index in [0.717, 1.165) is 26.1 Å². The fourth-order valence-corrected chi connectivity index (χ4v) is 2.59. The van der Waals surface area contributed by atoms with Crippen LogP contribution >= 0.6 is 0 Å². The number of benzene rings is 2. The zero-order valence-corrected chi connectivity index (χ0v) is 13.4. The van der Waals surface area contributed by atoms with Gasteiger partial charge in [-0.25, -0.2) is 0 Å². The average molecular weight is 282 g/mol. The van der Waals surface area contributed by atoms with Crippen LogP contribution in [0, 0.1) is 6.92 Å². The lowest BCUT2D eigenvalue weighted by atomic mass is 10.1. The molecule has 0 aliphatic carbocycles. The third kappa shape index (κ3) is 4.61. The van der Waals surface area contributed by atoms with Gasteiger partial charge in [-0.1, -0.05) is 49.4 Å². The molecule has 0 aliphatic rings. The number of anilines is 1. The van der Waals surface area contributed by atoms with Crippen LogP contribution in [0.25, 0.3) is 0 Å². The summed E-state index contributed by atoms with van der Waals surface area (Å²) in [5, 5.41) is 3.37. The first-order valence-electron chi connectivity index (χ1n) is 7.76. The van der Waals surface area contributed by atoms with Crippen molar-refractivity contribution in [1.82, 2.24) is 5.32 Å². The highest BCUT2D eigenvalue weighted by molar-refractivity contribution is 5.54. The Morgan fingerprint density at radius 1 is 1.00 bits per heavy atom. The lowest BCUT2D eigenvalue weighted by Crippen LogP contribution is -2.21. The monoisotopic (exact) mass is 282 g/mol. The van der Waals surface area contributed by atoms with Gasteiger partial charge in [0.05, 0.1) is 0 Å². The summed E-state index contributed by atoms with van der Waals surface area (Å²) >= 11 is 0. The molecule has 0 atom stereocenters. The Balaban J connectivity index is 1.97. The van der Waals surface area contributed by atoms with Crippen LogP contribution in [0.2, 0.25) is 0 Å². The normalized spacial score (nSPS) is 10.6. The van der Waals surface area contributed by atoms with E-state index in [-0.39, 0.29) is 0 Å². The molecule has 21 heavy (non-hydrogen) atoms. The maximum absolute atomic E-state index is 3.37. The van der Waals surface area contributed by atoms with E-state index in [0.29, 0.717) is 0 Å². The van der Waals surface area contributed by atoms with E-state index < -0.39 is 0 Å². The van der Waals surface area contributed by atoms with Crippen LogP contribution in [0.4, 0.5) is 5.69 Å². The second-order valence-electron chi connectivity index (χ2n) is 5.56. The smallest absolute Gasteiger partial charge is 0.0393 e. The predicted octanol–water partition coefficient (Wildman–Crippen LogP) is 3.78. The molecule has 0 amide bonds. The number of hydrogen-bond acceptors (Lipinski definition) is 2. The number of hydrogen-bond donors (Lipinski definition) is 1. The third-order valence-corrected chi connectivity index (χ3v) is 3.83. The van der Waals surface area contributed by atoms with Crippen LogP contribution < -0.4 is 10.2 Å². The van der Waals surface area contributed by atoms with E-state index in [1.165, 1.54) is 22.4 Å². The van der Waals surface area contributed by atoms with Gasteiger partial charge in [0.1, 0.15) is 0 Å². The Morgan fingerprint density at radius 2 is 1.76 bits per heavy atom. The van der Waals surface area contributed by atoms with Gasteiger partial charge < -0.3 is 10.2 Å². The summed E-state index contributed by atoms with van der Waals surface area (Å²) in [4.78, 5) is 2.35. The molecule has 0 unspecified atom stereocenters. The first-order chi connectivity index (χ1) is 10.2. The zero-order valence-electron chi connectivity index (χ0n) is 13.4. The Morgan fingerprint density at radius 3 is 2.43 bits per heavy atom. The Hall–Kier alpha value is -1.80. The highest BCUT2D eigenvalue weighted by Gasteiger charge is 2.05. The van der Waals surface area contributed by atoms with Gasteiger partial charge in [-0.3, -0.25) is 0 Å². The Kier molecular flexibility index (Phi) is 5.82. The first-order valence-corrected chi connectivity index (χ1v) is 7.76. The molecule has 0 bridgehead atoms. The van der Waals surface area contributed by atoms with E-state index in [4.69, 9.17) is 0 Å². The summed E-state index contributed by atoms with van der Waals surface area (Å²) in [7, 11) is 2.18. The molecule has 2 aromatic rings. The molecule has 2 heteroatoms. The molecule has 2 aromatic carbocycles. The zero-order chi connectivity index (χ0) is 15.1. The standard InChI is InChI=1S/C19H26N2/c1-4-20-15-18-10-11-19(16(2)14-18)21(3)13-12-17-8-6-5-7-9-17/h5-11,14,20H,4,12-13,15H2,1-3H3. The van der Waals surface area contributed by atoms with Crippen LogP contribution in [0.1, 0.15) is 23.6 Å². The molecule has 1 N–H and O–H groups in total. The lowest BCUT2D eigenvalue weighted by molar-refractivity contribution is 0.726. The van der Waals surface area contributed by atoms with Gasteiger partial charge in [-0.15, -0.1) is 0 Å². The summed E-state index contributed by atoms with van der Waals surface area (Å²) < 4.78 is 0. The van der Waals surface area contributed by atoms with Crippen molar-refractivity contribution in [2.75, 3.05) is 25.0 Å².